The number of amides is 1. The second-order valence-electron chi connectivity index (χ2n) is 7.59. The number of fused-ring (bicyclic) bond motifs is 1. The summed E-state index contributed by atoms with van der Waals surface area (Å²) in [6.07, 6.45) is 1.75. The molecule has 0 bridgehead atoms. The predicted octanol–water partition coefficient (Wildman–Crippen LogP) is 3.57. The number of sulfonamides is 1. The monoisotopic (exact) mass is 432 g/mol. The van der Waals surface area contributed by atoms with E-state index in [4.69, 9.17) is 9.47 Å². The van der Waals surface area contributed by atoms with Crippen molar-refractivity contribution in [2.24, 2.45) is 0 Å². The minimum atomic E-state index is -3.51. The SMILES string of the molecule is Cc1cc(C)c(NC(=O)CCCN(c2ccc3c(c2)OCCO3)S(C)(=O)=O)c(C)c1. The Bertz CT molecular complexity index is 1030. The lowest BCUT2D eigenvalue weighted by Crippen LogP contribution is -2.31. The van der Waals surface area contributed by atoms with E-state index in [1.165, 1.54) is 4.31 Å². The second-order valence-corrected chi connectivity index (χ2v) is 9.50. The molecule has 0 fully saturated rings. The van der Waals surface area contributed by atoms with E-state index in [0.29, 0.717) is 36.8 Å². The Morgan fingerprint density at radius 1 is 1.03 bits per heavy atom. The maximum Gasteiger partial charge on any atom is 0.232 e. The Labute approximate surface area is 178 Å². The average Bonchev–Trinajstić information content (AvgIpc) is 2.66. The summed E-state index contributed by atoms with van der Waals surface area (Å²) >= 11 is 0. The molecule has 0 atom stereocenters. The van der Waals surface area contributed by atoms with E-state index in [1.54, 1.807) is 18.2 Å². The molecule has 7 nitrogen and oxygen atoms in total. The Kier molecular flexibility index (Phi) is 6.55. The Morgan fingerprint density at radius 2 is 1.67 bits per heavy atom. The van der Waals surface area contributed by atoms with E-state index < -0.39 is 10.0 Å². The van der Waals surface area contributed by atoms with Crippen LogP contribution in [0.2, 0.25) is 0 Å². The summed E-state index contributed by atoms with van der Waals surface area (Å²) in [5, 5.41) is 2.96. The van der Waals surface area contributed by atoms with Crippen LogP contribution in [-0.4, -0.2) is 40.3 Å². The van der Waals surface area contributed by atoms with Gasteiger partial charge in [-0.3, -0.25) is 9.10 Å². The molecule has 0 saturated heterocycles. The van der Waals surface area contributed by atoms with Crippen LogP contribution >= 0.6 is 0 Å². The number of nitrogens with one attached hydrogen (secondary N) is 1. The Hall–Kier alpha value is -2.74. The molecular weight excluding hydrogens is 404 g/mol. The van der Waals surface area contributed by atoms with Crippen LogP contribution in [0.5, 0.6) is 11.5 Å². The van der Waals surface area contributed by atoms with E-state index in [-0.39, 0.29) is 18.9 Å². The lowest BCUT2D eigenvalue weighted by Gasteiger charge is -2.25. The molecule has 2 aromatic rings. The molecule has 0 radical (unpaired) electrons. The molecule has 1 aliphatic heterocycles. The summed E-state index contributed by atoms with van der Waals surface area (Å²) in [7, 11) is -3.51. The van der Waals surface area contributed by atoms with Crippen LogP contribution in [-0.2, 0) is 14.8 Å². The molecule has 162 valence electrons. The highest BCUT2D eigenvalue weighted by Crippen LogP contribution is 2.34. The molecule has 0 aromatic heterocycles. The van der Waals surface area contributed by atoms with Gasteiger partial charge in [0.25, 0.3) is 0 Å². The van der Waals surface area contributed by atoms with E-state index in [1.807, 2.05) is 32.9 Å². The van der Waals surface area contributed by atoms with E-state index in [0.717, 1.165) is 28.6 Å². The van der Waals surface area contributed by atoms with Crippen molar-refractivity contribution >= 4 is 27.3 Å². The van der Waals surface area contributed by atoms with Crippen LogP contribution in [0.1, 0.15) is 29.5 Å². The first-order valence-electron chi connectivity index (χ1n) is 9.90. The molecule has 1 heterocycles. The van der Waals surface area contributed by atoms with Gasteiger partial charge in [0.1, 0.15) is 13.2 Å². The summed E-state index contributed by atoms with van der Waals surface area (Å²) in [6.45, 7) is 7.03. The van der Waals surface area contributed by atoms with Gasteiger partial charge in [0.05, 0.1) is 11.9 Å². The molecule has 0 spiro atoms. The molecule has 30 heavy (non-hydrogen) atoms. The first-order valence-corrected chi connectivity index (χ1v) is 11.7. The zero-order valence-corrected chi connectivity index (χ0v) is 18.6. The largest absolute Gasteiger partial charge is 0.486 e. The lowest BCUT2D eigenvalue weighted by atomic mass is 10.0. The summed E-state index contributed by atoms with van der Waals surface area (Å²) in [5.41, 5.74) is 4.47. The van der Waals surface area contributed by atoms with Gasteiger partial charge < -0.3 is 14.8 Å². The molecular formula is C22H28N2O5S. The summed E-state index contributed by atoms with van der Waals surface area (Å²) in [6, 6.07) is 9.10. The Balaban J connectivity index is 1.65. The maximum absolute atomic E-state index is 12.4. The zero-order chi connectivity index (χ0) is 21.9. The first-order chi connectivity index (χ1) is 14.1. The molecule has 0 saturated carbocycles. The smallest absolute Gasteiger partial charge is 0.232 e. The number of aryl methyl sites for hydroxylation is 3. The molecule has 1 N–H and O–H groups in total. The third kappa shape index (κ3) is 5.24. The number of carbonyl (C=O) groups is 1. The molecule has 1 amide bonds. The number of ether oxygens (including phenoxy) is 2. The maximum atomic E-state index is 12.4. The van der Waals surface area contributed by atoms with Crippen LogP contribution in [0.4, 0.5) is 11.4 Å². The van der Waals surface area contributed by atoms with Gasteiger partial charge in [-0.25, -0.2) is 8.42 Å². The standard InChI is InChI=1S/C22H28N2O5S/c1-15-12-16(2)22(17(3)13-15)23-21(25)6-5-9-24(30(4,26)27)18-7-8-19-20(14-18)29-11-10-28-19/h7-8,12-14H,5-6,9-11H2,1-4H3,(H,23,25). The molecule has 8 heteroatoms. The normalized spacial score (nSPS) is 13.1. The number of carbonyl (C=O) groups excluding carboxylic acids is 1. The molecule has 1 aliphatic rings. The fourth-order valence-electron chi connectivity index (χ4n) is 3.64. The van der Waals surface area contributed by atoms with Crippen molar-refractivity contribution < 1.29 is 22.7 Å². The second kappa shape index (κ2) is 8.95. The number of anilines is 2. The van der Waals surface area contributed by atoms with Gasteiger partial charge in [0.2, 0.25) is 15.9 Å². The van der Waals surface area contributed by atoms with Crippen molar-refractivity contribution in [3.05, 3.63) is 47.0 Å². The van der Waals surface area contributed by atoms with Crippen molar-refractivity contribution in [2.45, 2.75) is 33.6 Å². The predicted molar refractivity (Wildman–Crippen MR) is 118 cm³/mol. The molecule has 0 aliphatic carbocycles. The van der Waals surface area contributed by atoms with Gasteiger partial charge in [0.15, 0.2) is 11.5 Å². The summed E-state index contributed by atoms with van der Waals surface area (Å²) < 4.78 is 37.0. The van der Waals surface area contributed by atoms with Gasteiger partial charge >= 0.3 is 0 Å². The number of hydrogen-bond acceptors (Lipinski definition) is 5. The van der Waals surface area contributed by atoms with Crippen molar-refractivity contribution in [1.82, 2.24) is 0 Å². The highest BCUT2D eigenvalue weighted by Gasteiger charge is 2.21. The van der Waals surface area contributed by atoms with Gasteiger partial charge in [-0.2, -0.15) is 0 Å². The van der Waals surface area contributed by atoms with Crippen molar-refractivity contribution in [2.75, 3.05) is 35.6 Å². The number of benzene rings is 2. The van der Waals surface area contributed by atoms with Crippen LogP contribution in [0.3, 0.4) is 0 Å². The fourth-order valence-corrected chi connectivity index (χ4v) is 4.59. The topological polar surface area (TPSA) is 84.9 Å². The van der Waals surface area contributed by atoms with Crippen molar-refractivity contribution in [1.29, 1.82) is 0 Å². The van der Waals surface area contributed by atoms with E-state index >= 15 is 0 Å². The van der Waals surface area contributed by atoms with E-state index in [9.17, 15) is 13.2 Å². The minimum absolute atomic E-state index is 0.138. The molecule has 3 rings (SSSR count). The van der Waals surface area contributed by atoms with Crippen LogP contribution in [0.15, 0.2) is 30.3 Å². The lowest BCUT2D eigenvalue weighted by molar-refractivity contribution is -0.116. The van der Waals surface area contributed by atoms with Crippen molar-refractivity contribution in [3.63, 3.8) is 0 Å². The first kappa shape index (κ1) is 22.0. The number of hydrogen-bond donors (Lipinski definition) is 1. The van der Waals surface area contributed by atoms with Crippen LogP contribution in [0.25, 0.3) is 0 Å². The quantitative estimate of drug-likeness (QED) is 0.723. The van der Waals surface area contributed by atoms with E-state index in [2.05, 4.69) is 5.32 Å². The number of nitrogens with zero attached hydrogens (tertiary/aromatic N) is 1. The average molecular weight is 433 g/mol. The van der Waals surface area contributed by atoms with Gasteiger partial charge in [-0.05, 0) is 50.5 Å². The van der Waals surface area contributed by atoms with Gasteiger partial charge in [0, 0.05) is 24.7 Å². The van der Waals surface area contributed by atoms with Gasteiger partial charge in [-0.15, -0.1) is 0 Å². The highest BCUT2D eigenvalue weighted by atomic mass is 32.2. The van der Waals surface area contributed by atoms with Crippen LogP contribution in [0, 0.1) is 20.8 Å². The van der Waals surface area contributed by atoms with Crippen LogP contribution < -0.4 is 19.1 Å². The molecule has 0 unspecified atom stereocenters. The summed E-state index contributed by atoms with van der Waals surface area (Å²) in [5.74, 6) is 0.984. The Morgan fingerprint density at radius 3 is 2.30 bits per heavy atom. The summed E-state index contributed by atoms with van der Waals surface area (Å²) in [4.78, 5) is 12.4. The highest BCUT2D eigenvalue weighted by molar-refractivity contribution is 7.92. The van der Waals surface area contributed by atoms with Crippen molar-refractivity contribution in [3.8, 4) is 11.5 Å². The third-order valence-electron chi connectivity index (χ3n) is 4.92. The number of rotatable bonds is 7. The molecule has 2 aromatic carbocycles. The fraction of sp³-hybridized carbons (Fsp3) is 0.409. The minimum Gasteiger partial charge on any atom is -0.486 e. The zero-order valence-electron chi connectivity index (χ0n) is 17.8. The third-order valence-corrected chi connectivity index (χ3v) is 6.11. The van der Waals surface area contributed by atoms with Gasteiger partial charge in [-0.1, -0.05) is 17.7 Å².